The van der Waals surface area contributed by atoms with E-state index >= 15 is 0 Å². The number of guanidine groups is 1. The maximum absolute atomic E-state index is 12.9. The van der Waals surface area contributed by atoms with Crippen LogP contribution in [0.5, 0.6) is 0 Å². The number of morpholine rings is 1. The summed E-state index contributed by atoms with van der Waals surface area (Å²) in [5.74, 6) is 6.09. The molecule has 0 unspecified atom stereocenters. The topological polar surface area (TPSA) is 117 Å². The van der Waals surface area contributed by atoms with Crippen molar-refractivity contribution in [3.8, 4) is 0 Å². The van der Waals surface area contributed by atoms with Crippen LogP contribution in [0, 0.1) is 0 Å². The van der Waals surface area contributed by atoms with Gasteiger partial charge in [-0.2, -0.15) is 0 Å². The first-order valence-electron chi connectivity index (χ1n) is 12.7. The van der Waals surface area contributed by atoms with Gasteiger partial charge in [-0.15, -0.1) is 0 Å². The number of benzene rings is 1. The van der Waals surface area contributed by atoms with Gasteiger partial charge < -0.3 is 10.1 Å². The second kappa shape index (κ2) is 16.6. The maximum atomic E-state index is 12.9. The van der Waals surface area contributed by atoms with Gasteiger partial charge in [-0.25, -0.2) is 10.9 Å². The fourth-order valence-electron chi connectivity index (χ4n) is 3.81. The van der Waals surface area contributed by atoms with E-state index < -0.39 is 0 Å². The molecule has 0 saturated carbocycles. The number of hydrogen-bond acceptors (Lipinski definition) is 7. The van der Waals surface area contributed by atoms with Crippen molar-refractivity contribution in [2.75, 3.05) is 51.3 Å². The van der Waals surface area contributed by atoms with E-state index in [4.69, 9.17) is 15.4 Å². The van der Waals surface area contributed by atoms with Crippen molar-refractivity contribution in [3.05, 3.63) is 60.4 Å². The molecule has 0 aliphatic carbocycles. The average Bonchev–Trinajstić information content (AvgIpc) is 2.93. The maximum Gasteiger partial charge on any atom is 0.246 e. The lowest BCUT2D eigenvalue weighted by molar-refractivity contribution is -0.192. The summed E-state index contributed by atoms with van der Waals surface area (Å²) in [6, 6.07) is 13.6. The summed E-state index contributed by atoms with van der Waals surface area (Å²) in [6.07, 6.45) is 7.55. The van der Waals surface area contributed by atoms with Gasteiger partial charge in [0, 0.05) is 50.7 Å². The van der Waals surface area contributed by atoms with Gasteiger partial charge in [-0.3, -0.25) is 29.9 Å². The summed E-state index contributed by atoms with van der Waals surface area (Å²) in [5, 5.41) is 4.65. The summed E-state index contributed by atoms with van der Waals surface area (Å²) in [6.45, 7) is 5.70. The van der Waals surface area contributed by atoms with E-state index in [0.717, 1.165) is 69.8 Å². The van der Waals surface area contributed by atoms with Gasteiger partial charge in [-0.1, -0.05) is 43.2 Å². The zero-order valence-corrected chi connectivity index (χ0v) is 21.0. The molecule has 1 aromatic carbocycles. The predicted octanol–water partition coefficient (Wildman–Crippen LogP) is 2.56. The second-order valence-electron chi connectivity index (χ2n) is 8.60. The fourth-order valence-corrected chi connectivity index (χ4v) is 3.81. The Labute approximate surface area is 213 Å². The highest BCUT2D eigenvalue weighted by Gasteiger charge is 2.16. The summed E-state index contributed by atoms with van der Waals surface area (Å²) >= 11 is 0. The Bertz CT molecular complexity index is 893. The Balaban J connectivity index is 1.35. The predicted molar refractivity (Wildman–Crippen MR) is 141 cm³/mol. The van der Waals surface area contributed by atoms with Crippen LogP contribution in [0.1, 0.15) is 37.7 Å². The largest absolute Gasteiger partial charge is 0.379 e. The number of pyridine rings is 1. The number of hydrogen-bond donors (Lipinski definition) is 3. The molecule has 10 nitrogen and oxygen atoms in total. The van der Waals surface area contributed by atoms with Crippen LogP contribution in [-0.2, 0) is 20.9 Å². The summed E-state index contributed by atoms with van der Waals surface area (Å²) in [5.41, 5.74) is 4.51. The van der Waals surface area contributed by atoms with Crippen molar-refractivity contribution in [1.82, 2.24) is 20.4 Å². The number of aliphatic imine (C=N–C) groups is 1. The zero-order chi connectivity index (χ0) is 25.3. The van der Waals surface area contributed by atoms with Crippen molar-refractivity contribution in [2.45, 2.75) is 38.6 Å². The Morgan fingerprint density at radius 3 is 2.58 bits per heavy atom. The molecule has 1 saturated heterocycles. The molecule has 0 bridgehead atoms. The minimum absolute atomic E-state index is 0.0232. The van der Waals surface area contributed by atoms with E-state index in [1.807, 2.05) is 42.5 Å². The van der Waals surface area contributed by atoms with Gasteiger partial charge in [0.25, 0.3) is 0 Å². The highest BCUT2D eigenvalue weighted by molar-refractivity contribution is 5.93. The minimum Gasteiger partial charge on any atom is -0.379 e. The molecule has 2 aromatic rings. The summed E-state index contributed by atoms with van der Waals surface area (Å²) in [4.78, 5) is 29.6. The van der Waals surface area contributed by atoms with E-state index in [9.17, 15) is 4.79 Å². The normalized spacial score (nSPS) is 14.4. The number of carbonyl (C=O) groups is 1. The van der Waals surface area contributed by atoms with Gasteiger partial charge >= 0.3 is 0 Å². The number of hydroxylamine groups is 2. The van der Waals surface area contributed by atoms with Gasteiger partial charge in [0.15, 0.2) is 0 Å². The molecule has 3 rings (SSSR count). The van der Waals surface area contributed by atoms with Gasteiger partial charge in [0.05, 0.1) is 26.4 Å². The molecule has 0 atom stereocenters. The molecule has 4 N–H and O–H groups in total. The Hall–Kier alpha value is -3.05. The molecule has 2 heterocycles. The quantitative estimate of drug-likeness (QED) is 0.120. The number of ether oxygens (including phenoxy) is 1. The first-order valence-corrected chi connectivity index (χ1v) is 12.7. The van der Waals surface area contributed by atoms with E-state index in [1.54, 1.807) is 12.4 Å². The van der Waals surface area contributed by atoms with E-state index in [0.29, 0.717) is 32.1 Å². The smallest absolute Gasteiger partial charge is 0.246 e. The zero-order valence-electron chi connectivity index (χ0n) is 21.0. The number of amides is 1. The number of anilines is 1. The number of hydrazine groups is 1. The SMILES string of the molecule is NNC(=NCCCCCCC(=O)N(Cc1ccccc1)OCCN1CCOCC1)Nc1ccncc1. The van der Waals surface area contributed by atoms with E-state index in [1.165, 1.54) is 5.06 Å². The molecular weight excluding hydrogens is 458 g/mol. The lowest BCUT2D eigenvalue weighted by Crippen LogP contribution is -2.40. The first-order chi connectivity index (χ1) is 17.7. The molecular formula is C26H39N7O3. The van der Waals surface area contributed by atoms with Crippen LogP contribution >= 0.6 is 0 Å². The number of rotatable bonds is 14. The molecule has 1 aromatic heterocycles. The minimum atomic E-state index is 0.0232. The van der Waals surface area contributed by atoms with Crippen LogP contribution in [0.25, 0.3) is 0 Å². The van der Waals surface area contributed by atoms with Crippen LogP contribution in [0.4, 0.5) is 5.69 Å². The lowest BCUT2D eigenvalue weighted by atomic mass is 10.1. The van der Waals surface area contributed by atoms with Crippen LogP contribution in [0.2, 0.25) is 0 Å². The van der Waals surface area contributed by atoms with Crippen molar-refractivity contribution >= 4 is 17.6 Å². The molecule has 36 heavy (non-hydrogen) atoms. The highest BCUT2D eigenvalue weighted by Crippen LogP contribution is 2.11. The van der Waals surface area contributed by atoms with Crippen LogP contribution < -0.4 is 16.6 Å². The van der Waals surface area contributed by atoms with Crippen LogP contribution in [0.3, 0.4) is 0 Å². The molecule has 1 aliphatic rings. The number of nitrogens with one attached hydrogen (secondary N) is 2. The Kier molecular flexibility index (Phi) is 12.7. The number of carbonyl (C=O) groups excluding carboxylic acids is 1. The third kappa shape index (κ3) is 10.7. The number of unbranched alkanes of at least 4 members (excludes halogenated alkanes) is 3. The van der Waals surface area contributed by atoms with Crippen molar-refractivity contribution in [1.29, 1.82) is 0 Å². The van der Waals surface area contributed by atoms with Gasteiger partial charge in [0.1, 0.15) is 0 Å². The number of aromatic nitrogens is 1. The molecule has 196 valence electrons. The Morgan fingerprint density at radius 1 is 1.08 bits per heavy atom. The van der Waals surface area contributed by atoms with Gasteiger partial charge in [-0.05, 0) is 30.5 Å². The van der Waals surface area contributed by atoms with Crippen LogP contribution in [0.15, 0.2) is 59.9 Å². The molecule has 0 spiro atoms. The summed E-state index contributed by atoms with van der Waals surface area (Å²) < 4.78 is 5.40. The monoisotopic (exact) mass is 497 g/mol. The summed E-state index contributed by atoms with van der Waals surface area (Å²) in [7, 11) is 0. The van der Waals surface area contributed by atoms with Crippen LogP contribution in [-0.4, -0.2) is 72.8 Å². The number of nitrogens with two attached hydrogens (primary N) is 1. The van der Waals surface area contributed by atoms with Crippen molar-refractivity contribution in [2.24, 2.45) is 10.8 Å². The lowest BCUT2D eigenvalue weighted by Gasteiger charge is -2.28. The van der Waals surface area contributed by atoms with E-state index in [-0.39, 0.29) is 5.91 Å². The molecule has 1 aliphatic heterocycles. The van der Waals surface area contributed by atoms with Gasteiger partial charge in [0.2, 0.25) is 11.9 Å². The number of nitrogens with zero attached hydrogens (tertiary/aromatic N) is 4. The molecule has 10 heteroatoms. The average molecular weight is 498 g/mol. The fraction of sp³-hybridized carbons (Fsp3) is 0.500. The standard InChI is InChI=1S/C26H39N7O3/c27-31-26(30-24-11-14-28-15-12-24)29-13-7-2-1-6-10-25(34)33(22-23-8-4-3-5-9-23)36-21-18-32-16-19-35-20-17-32/h3-5,8-9,11-12,14-15H,1-2,6-7,10,13,16-22,27H2,(H2,28,29,30,31). The Morgan fingerprint density at radius 2 is 1.83 bits per heavy atom. The molecule has 1 fully saturated rings. The van der Waals surface area contributed by atoms with Crippen molar-refractivity contribution in [3.63, 3.8) is 0 Å². The molecule has 0 radical (unpaired) electrons. The first kappa shape index (κ1) is 27.5. The molecule has 1 amide bonds. The second-order valence-corrected chi connectivity index (χ2v) is 8.60. The highest BCUT2D eigenvalue weighted by atomic mass is 16.7. The van der Waals surface area contributed by atoms with Crippen molar-refractivity contribution < 1.29 is 14.4 Å². The third-order valence-electron chi connectivity index (χ3n) is 5.85. The van der Waals surface area contributed by atoms with E-state index in [2.05, 4.69) is 25.6 Å². The third-order valence-corrected chi connectivity index (χ3v) is 5.85.